The molecule has 1 aromatic carbocycles. The zero-order chi connectivity index (χ0) is 14.7. The molecule has 1 atom stereocenters. The van der Waals surface area contributed by atoms with Crippen LogP contribution < -0.4 is 0 Å². The minimum atomic E-state index is 0.271. The summed E-state index contributed by atoms with van der Waals surface area (Å²) in [6, 6.07) is 5.96. The van der Waals surface area contributed by atoms with Gasteiger partial charge in [0.2, 0.25) is 0 Å². The van der Waals surface area contributed by atoms with Crippen LogP contribution in [0.3, 0.4) is 0 Å². The maximum Gasteiger partial charge on any atom is 0.120 e. The third kappa shape index (κ3) is 3.96. The summed E-state index contributed by atoms with van der Waals surface area (Å²) in [4.78, 5) is 4.76. The van der Waals surface area contributed by atoms with Crippen molar-refractivity contribution in [3.8, 4) is 5.75 Å². The Morgan fingerprint density at radius 1 is 1.35 bits per heavy atom. The largest absolute Gasteiger partial charge is 0.508 e. The van der Waals surface area contributed by atoms with Crippen LogP contribution in [0.1, 0.15) is 31.4 Å². The first-order chi connectivity index (χ1) is 9.47. The summed E-state index contributed by atoms with van der Waals surface area (Å²) >= 11 is 3.49. The van der Waals surface area contributed by atoms with Crippen molar-refractivity contribution in [1.82, 2.24) is 9.80 Å². The van der Waals surface area contributed by atoms with Crippen molar-refractivity contribution in [2.45, 2.75) is 25.8 Å². The molecule has 112 valence electrons. The van der Waals surface area contributed by atoms with Crippen LogP contribution in [0.4, 0.5) is 0 Å². The van der Waals surface area contributed by atoms with Crippen LogP contribution in [0.2, 0.25) is 0 Å². The smallest absolute Gasteiger partial charge is 0.120 e. The lowest BCUT2D eigenvalue weighted by molar-refractivity contribution is 0.126. The van der Waals surface area contributed by atoms with E-state index in [0.717, 1.165) is 29.0 Å². The first-order valence-electron chi connectivity index (χ1n) is 7.34. The number of aromatic hydroxyl groups is 1. The minimum absolute atomic E-state index is 0.271. The Bertz CT molecular complexity index is 442. The molecule has 4 heteroatoms. The second-order valence-electron chi connectivity index (χ2n) is 6.12. The van der Waals surface area contributed by atoms with Gasteiger partial charge in [-0.3, -0.25) is 4.90 Å². The van der Waals surface area contributed by atoms with E-state index >= 15 is 0 Å². The number of likely N-dealkylation sites (tertiary alicyclic amines) is 1. The Labute approximate surface area is 130 Å². The number of benzene rings is 1. The van der Waals surface area contributed by atoms with E-state index < -0.39 is 0 Å². The van der Waals surface area contributed by atoms with Crippen molar-refractivity contribution < 1.29 is 5.11 Å². The molecule has 1 aliphatic rings. The summed E-state index contributed by atoms with van der Waals surface area (Å²) < 4.78 is 1.03. The molecule has 20 heavy (non-hydrogen) atoms. The fourth-order valence-corrected chi connectivity index (χ4v) is 3.47. The standard InChI is InChI=1S/C16H25BrN2O/c1-12(15-10-14(17)4-5-16(15)20)19-8-6-13(7-9-19)11-18(2)3/h4-5,10,12-13,20H,6-9,11H2,1-3H3. The van der Waals surface area contributed by atoms with Crippen LogP contribution in [0.15, 0.2) is 22.7 Å². The van der Waals surface area contributed by atoms with Gasteiger partial charge < -0.3 is 10.0 Å². The molecule has 0 bridgehead atoms. The molecule has 1 aromatic rings. The third-order valence-corrected chi connectivity index (χ3v) is 4.75. The summed E-state index contributed by atoms with van der Waals surface area (Å²) in [5, 5.41) is 10.1. The second kappa shape index (κ2) is 6.92. The van der Waals surface area contributed by atoms with E-state index in [1.807, 2.05) is 12.1 Å². The SMILES string of the molecule is CC(c1cc(Br)ccc1O)N1CCC(CN(C)C)CC1. The van der Waals surface area contributed by atoms with Gasteiger partial charge in [-0.15, -0.1) is 0 Å². The lowest BCUT2D eigenvalue weighted by Gasteiger charge is -2.37. The molecular weight excluding hydrogens is 316 g/mol. The molecule has 0 saturated carbocycles. The maximum absolute atomic E-state index is 10.1. The highest BCUT2D eigenvalue weighted by atomic mass is 79.9. The van der Waals surface area contributed by atoms with E-state index in [1.165, 1.54) is 19.4 Å². The monoisotopic (exact) mass is 340 g/mol. The van der Waals surface area contributed by atoms with E-state index in [0.29, 0.717) is 5.75 Å². The van der Waals surface area contributed by atoms with E-state index in [-0.39, 0.29) is 6.04 Å². The molecule has 0 amide bonds. The van der Waals surface area contributed by atoms with Crippen LogP contribution in [-0.4, -0.2) is 48.6 Å². The molecule has 1 aliphatic heterocycles. The van der Waals surface area contributed by atoms with Crippen molar-refractivity contribution in [3.05, 3.63) is 28.2 Å². The van der Waals surface area contributed by atoms with Gasteiger partial charge in [0.1, 0.15) is 5.75 Å². The van der Waals surface area contributed by atoms with E-state index in [4.69, 9.17) is 0 Å². The average Bonchev–Trinajstić information content (AvgIpc) is 2.41. The minimum Gasteiger partial charge on any atom is -0.508 e. The zero-order valence-corrected chi connectivity index (χ0v) is 14.2. The Balaban J connectivity index is 1.98. The molecule has 1 saturated heterocycles. The number of halogens is 1. The predicted octanol–water partition coefficient (Wildman–Crippen LogP) is 3.49. The van der Waals surface area contributed by atoms with Gasteiger partial charge in [0.25, 0.3) is 0 Å². The molecule has 3 nitrogen and oxygen atoms in total. The zero-order valence-electron chi connectivity index (χ0n) is 12.6. The summed E-state index contributed by atoms with van der Waals surface area (Å²) in [5.74, 6) is 1.21. The third-order valence-electron chi connectivity index (χ3n) is 4.26. The second-order valence-corrected chi connectivity index (χ2v) is 7.04. The van der Waals surface area contributed by atoms with Gasteiger partial charge in [-0.2, -0.15) is 0 Å². The normalized spacial score (nSPS) is 19.4. The summed E-state index contributed by atoms with van der Waals surface area (Å²) in [7, 11) is 4.29. The van der Waals surface area contributed by atoms with Gasteiger partial charge in [0, 0.05) is 22.6 Å². The van der Waals surface area contributed by atoms with Gasteiger partial charge in [0.15, 0.2) is 0 Å². The molecule has 1 fully saturated rings. The molecule has 1 heterocycles. The van der Waals surface area contributed by atoms with E-state index in [9.17, 15) is 5.11 Å². The van der Waals surface area contributed by atoms with Crippen LogP contribution in [0.25, 0.3) is 0 Å². The quantitative estimate of drug-likeness (QED) is 0.908. The number of phenols is 1. The molecule has 0 radical (unpaired) electrons. The van der Waals surface area contributed by atoms with Gasteiger partial charge in [-0.25, -0.2) is 0 Å². The van der Waals surface area contributed by atoms with Gasteiger partial charge in [0.05, 0.1) is 0 Å². The number of nitrogens with zero attached hydrogens (tertiary/aromatic N) is 2. The van der Waals surface area contributed by atoms with Gasteiger partial charge >= 0.3 is 0 Å². The first-order valence-corrected chi connectivity index (χ1v) is 8.14. The average molecular weight is 341 g/mol. The van der Waals surface area contributed by atoms with E-state index in [2.05, 4.69) is 46.7 Å². The van der Waals surface area contributed by atoms with Crippen molar-refractivity contribution in [3.63, 3.8) is 0 Å². The summed E-state index contributed by atoms with van der Waals surface area (Å²) in [6.07, 6.45) is 2.49. The molecule has 1 unspecified atom stereocenters. The summed E-state index contributed by atoms with van der Waals surface area (Å²) in [5.41, 5.74) is 1.02. The lowest BCUT2D eigenvalue weighted by Crippen LogP contribution is -2.38. The fraction of sp³-hybridized carbons (Fsp3) is 0.625. The molecule has 2 rings (SSSR count). The van der Waals surface area contributed by atoms with Crippen LogP contribution in [-0.2, 0) is 0 Å². The fourth-order valence-electron chi connectivity index (χ4n) is 3.10. The number of hydrogen-bond donors (Lipinski definition) is 1. The van der Waals surface area contributed by atoms with Crippen LogP contribution in [0, 0.1) is 5.92 Å². The number of phenolic OH excluding ortho intramolecular Hbond substituents is 1. The molecule has 0 aromatic heterocycles. The van der Waals surface area contributed by atoms with E-state index in [1.54, 1.807) is 6.07 Å². The lowest BCUT2D eigenvalue weighted by atomic mass is 9.94. The molecular formula is C16H25BrN2O. The molecule has 0 spiro atoms. The molecule has 0 aliphatic carbocycles. The number of hydrogen-bond acceptors (Lipinski definition) is 3. The molecule has 1 N–H and O–H groups in total. The highest BCUT2D eigenvalue weighted by Crippen LogP contribution is 2.33. The van der Waals surface area contributed by atoms with Crippen molar-refractivity contribution in [2.75, 3.05) is 33.7 Å². The van der Waals surface area contributed by atoms with Crippen LogP contribution in [0.5, 0.6) is 5.75 Å². The number of piperidine rings is 1. The van der Waals surface area contributed by atoms with Crippen molar-refractivity contribution >= 4 is 15.9 Å². The van der Waals surface area contributed by atoms with Gasteiger partial charge in [-0.1, -0.05) is 15.9 Å². The highest BCUT2D eigenvalue weighted by Gasteiger charge is 2.25. The van der Waals surface area contributed by atoms with Crippen molar-refractivity contribution in [2.24, 2.45) is 5.92 Å². The topological polar surface area (TPSA) is 26.7 Å². The highest BCUT2D eigenvalue weighted by molar-refractivity contribution is 9.10. The summed E-state index contributed by atoms with van der Waals surface area (Å²) in [6.45, 7) is 5.61. The Morgan fingerprint density at radius 2 is 2.00 bits per heavy atom. The number of rotatable bonds is 4. The Hall–Kier alpha value is -0.580. The van der Waals surface area contributed by atoms with Crippen LogP contribution >= 0.6 is 15.9 Å². The Kier molecular flexibility index (Phi) is 5.47. The van der Waals surface area contributed by atoms with Crippen molar-refractivity contribution in [1.29, 1.82) is 0 Å². The van der Waals surface area contributed by atoms with Gasteiger partial charge in [-0.05, 0) is 71.1 Å². The Morgan fingerprint density at radius 3 is 2.60 bits per heavy atom. The predicted molar refractivity (Wildman–Crippen MR) is 87.1 cm³/mol. The first kappa shape index (κ1) is 15.8. The maximum atomic E-state index is 10.1.